The third kappa shape index (κ3) is 4.42. The first-order valence-electron chi connectivity index (χ1n) is 12.1. The molecule has 0 atom stereocenters. The predicted octanol–water partition coefficient (Wildman–Crippen LogP) is 5.26. The first-order chi connectivity index (χ1) is 15.7. The van der Waals surface area contributed by atoms with Gasteiger partial charge in [-0.1, -0.05) is 19.9 Å². The van der Waals surface area contributed by atoms with E-state index in [0.717, 1.165) is 49.5 Å². The van der Waals surface area contributed by atoms with Gasteiger partial charge in [0.25, 0.3) is 0 Å². The summed E-state index contributed by atoms with van der Waals surface area (Å²) in [7, 11) is 0. The Morgan fingerprint density at radius 2 is 1.91 bits per heavy atom. The van der Waals surface area contributed by atoms with Gasteiger partial charge in [-0.2, -0.15) is 5.10 Å². The lowest BCUT2D eigenvalue weighted by atomic mass is 9.87. The quantitative estimate of drug-likeness (QED) is 0.440. The van der Waals surface area contributed by atoms with Crippen LogP contribution >= 0.6 is 0 Å². The van der Waals surface area contributed by atoms with Gasteiger partial charge >= 0.3 is 0 Å². The van der Waals surface area contributed by atoms with Gasteiger partial charge < -0.3 is 15.0 Å². The van der Waals surface area contributed by atoms with Crippen molar-refractivity contribution in [3.63, 3.8) is 0 Å². The average Bonchev–Trinajstić information content (AvgIpc) is 3.31. The molecule has 1 aliphatic rings. The number of hydrogen-bond donors (Lipinski definition) is 2. The lowest BCUT2D eigenvalue weighted by Gasteiger charge is -2.35. The van der Waals surface area contributed by atoms with E-state index >= 15 is 0 Å². The van der Waals surface area contributed by atoms with Crippen molar-refractivity contribution in [2.24, 2.45) is 0 Å². The van der Waals surface area contributed by atoms with Gasteiger partial charge in [0.1, 0.15) is 5.82 Å². The van der Waals surface area contributed by atoms with Crippen LogP contribution in [0.2, 0.25) is 0 Å². The van der Waals surface area contributed by atoms with Crippen LogP contribution in [0, 0.1) is 6.92 Å². The molecule has 0 spiro atoms. The molecule has 1 aromatic carbocycles. The van der Waals surface area contributed by atoms with E-state index in [4.69, 9.17) is 0 Å². The first kappa shape index (κ1) is 22.1. The number of hydrogen-bond acceptors (Lipinski definition) is 4. The second-order valence-electron chi connectivity index (χ2n) is 10.6. The molecule has 4 aromatic rings. The molecule has 0 radical (unpaired) electrons. The zero-order valence-corrected chi connectivity index (χ0v) is 20.4. The van der Waals surface area contributed by atoms with E-state index in [1.54, 1.807) is 0 Å². The number of likely N-dealkylation sites (tertiary alicyclic amines) is 1. The van der Waals surface area contributed by atoms with Crippen molar-refractivity contribution in [3.05, 3.63) is 53.5 Å². The van der Waals surface area contributed by atoms with Crippen LogP contribution in [0.5, 0.6) is 0 Å². The van der Waals surface area contributed by atoms with E-state index in [0.29, 0.717) is 11.8 Å². The topological polar surface area (TPSA) is 69.5 Å². The van der Waals surface area contributed by atoms with Crippen LogP contribution in [-0.2, 0) is 0 Å². The standard InChI is InChI=1S/C27H35N5O/c1-17(2)25-22-14-20(19-8-11-31(12-9-19)16-27(4,5)33)6-7-23(22)29-26(25)21-10-13-32-24(15-21)28-18(3)30-32/h6-7,10,13-15,17,19,29,33H,8-9,11-12,16H2,1-5H3. The Hall–Kier alpha value is -2.70. The molecule has 5 rings (SSSR count). The Morgan fingerprint density at radius 3 is 2.61 bits per heavy atom. The lowest BCUT2D eigenvalue weighted by Crippen LogP contribution is -2.42. The largest absolute Gasteiger partial charge is 0.389 e. The maximum Gasteiger partial charge on any atom is 0.156 e. The van der Waals surface area contributed by atoms with Crippen LogP contribution in [-0.4, -0.2) is 54.8 Å². The molecular weight excluding hydrogens is 410 g/mol. The number of pyridine rings is 1. The normalized spacial score (nSPS) is 16.5. The lowest BCUT2D eigenvalue weighted by molar-refractivity contribution is 0.0282. The van der Waals surface area contributed by atoms with Crippen molar-refractivity contribution >= 4 is 16.6 Å². The molecule has 1 fully saturated rings. The van der Waals surface area contributed by atoms with Crippen molar-refractivity contribution in [1.29, 1.82) is 0 Å². The summed E-state index contributed by atoms with van der Waals surface area (Å²) in [4.78, 5) is 10.6. The molecule has 6 heteroatoms. The smallest absolute Gasteiger partial charge is 0.156 e. The summed E-state index contributed by atoms with van der Waals surface area (Å²) in [5, 5.41) is 15.9. The number of aromatic nitrogens is 4. The number of nitrogens with one attached hydrogen (secondary N) is 1. The fraction of sp³-hybridized carbons (Fsp3) is 0.481. The van der Waals surface area contributed by atoms with Gasteiger partial charge in [-0.05, 0) is 93.9 Å². The van der Waals surface area contributed by atoms with Crippen molar-refractivity contribution in [1.82, 2.24) is 24.5 Å². The minimum atomic E-state index is -0.631. The fourth-order valence-electron chi connectivity index (χ4n) is 5.43. The molecule has 3 aromatic heterocycles. The van der Waals surface area contributed by atoms with Gasteiger partial charge in [-0.25, -0.2) is 9.50 Å². The van der Waals surface area contributed by atoms with Crippen molar-refractivity contribution in [2.45, 2.75) is 64.9 Å². The predicted molar refractivity (Wildman–Crippen MR) is 134 cm³/mol. The Balaban J connectivity index is 1.47. The summed E-state index contributed by atoms with van der Waals surface area (Å²) in [5.74, 6) is 1.75. The molecule has 0 saturated carbocycles. The van der Waals surface area contributed by atoms with E-state index in [9.17, 15) is 5.11 Å². The molecule has 0 unspecified atom stereocenters. The summed E-state index contributed by atoms with van der Waals surface area (Å²) >= 11 is 0. The Kier molecular flexibility index (Phi) is 5.53. The van der Waals surface area contributed by atoms with Crippen LogP contribution in [0.1, 0.15) is 69.3 Å². The third-order valence-electron chi connectivity index (χ3n) is 6.84. The molecule has 33 heavy (non-hydrogen) atoms. The number of piperidine rings is 1. The summed E-state index contributed by atoms with van der Waals surface area (Å²) < 4.78 is 1.83. The van der Waals surface area contributed by atoms with E-state index in [1.165, 1.54) is 27.7 Å². The van der Waals surface area contributed by atoms with Crippen LogP contribution in [0.25, 0.3) is 27.8 Å². The van der Waals surface area contributed by atoms with Gasteiger partial charge in [-0.15, -0.1) is 0 Å². The Bertz CT molecular complexity index is 1290. The highest BCUT2D eigenvalue weighted by Crippen LogP contribution is 2.38. The van der Waals surface area contributed by atoms with Crippen molar-refractivity contribution in [3.8, 4) is 11.3 Å². The molecular formula is C27H35N5O. The summed E-state index contributed by atoms with van der Waals surface area (Å²) in [6, 6.07) is 11.2. The number of benzene rings is 1. The summed E-state index contributed by atoms with van der Waals surface area (Å²) in [6.45, 7) is 13.1. The van der Waals surface area contributed by atoms with E-state index in [2.05, 4.69) is 64.1 Å². The highest BCUT2D eigenvalue weighted by molar-refractivity contribution is 5.92. The van der Waals surface area contributed by atoms with Gasteiger partial charge in [-0.3, -0.25) is 0 Å². The number of aliphatic hydroxyl groups is 1. The first-order valence-corrected chi connectivity index (χ1v) is 12.1. The molecule has 1 saturated heterocycles. The monoisotopic (exact) mass is 445 g/mol. The second-order valence-corrected chi connectivity index (χ2v) is 10.6. The summed E-state index contributed by atoms with van der Waals surface area (Å²) in [6.07, 6.45) is 4.27. The zero-order chi connectivity index (χ0) is 23.3. The molecule has 6 nitrogen and oxygen atoms in total. The fourth-order valence-corrected chi connectivity index (χ4v) is 5.43. The average molecular weight is 446 g/mol. The Morgan fingerprint density at radius 1 is 1.15 bits per heavy atom. The number of aryl methyl sites for hydroxylation is 1. The molecule has 4 heterocycles. The number of nitrogens with zero attached hydrogens (tertiary/aromatic N) is 4. The van der Waals surface area contributed by atoms with Crippen LogP contribution in [0.3, 0.4) is 0 Å². The van der Waals surface area contributed by atoms with Crippen LogP contribution in [0.4, 0.5) is 0 Å². The van der Waals surface area contributed by atoms with Gasteiger partial charge in [0.15, 0.2) is 5.65 Å². The number of fused-ring (bicyclic) bond motifs is 2. The number of aromatic amines is 1. The second kappa shape index (κ2) is 8.26. The van der Waals surface area contributed by atoms with Gasteiger partial charge in [0, 0.05) is 29.2 Å². The molecule has 174 valence electrons. The molecule has 0 amide bonds. The van der Waals surface area contributed by atoms with Crippen LogP contribution in [0.15, 0.2) is 36.5 Å². The number of H-pyrrole nitrogens is 1. The highest BCUT2D eigenvalue weighted by Gasteiger charge is 2.25. The van der Waals surface area contributed by atoms with Crippen LogP contribution < -0.4 is 0 Å². The minimum absolute atomic E-state index is 0.397. The Labute approximate surface area is 195 Å². The number of rotatable bonds is 5. The molecule has 2 N–H and O–H groups in total. The highest BCUT2D eigenvalue weighted by atomic mass is 16.3. The SMILES string of the molecule is Cc1nc2cc(-c3[nH]c4ccc(C5CCN(CC(C)(C)O)CC5)cc4c3C(C)C)ccn2n1. The zero-order valence-electron chi connectivity index (χ0n) is 20.4. The van der Waals surface area contributed by atoms with E-state index < -0.39 is 5.60 Å². The maximum atomic E-state index is 10.2. The van der Waals surface area contributed by atoms with E-state index in [-0.39, 0.29) is 0 Å². The van der Waals surface area contributed by atoms with Gasteiger partial charge in [0.2, 0.25) is 0 Å². The van der Waals surface area contributed by atoms with Crippen molar-refractivity contribution in [2.75, 3.05) is 19.6 Å². The van der Waals surface area contributed by atoms with E-state index in [1.807, 2.05) is 31.5 Å². The summed E-state index contributed by atoms with van der Waals surface area (Å²) in [5.41, 5.74) is 6.56. The minimum Gasteiger partial charge on any atom is -0.389 e. The number of β-amino-alcohol motifs (C(OH)–C–C–N with tert-alkyl or cyclic N) is 1. The molecule has 0 aliphatic carbocycles. The molecule has 1 aliphatic heterocycles. The van der Waals surface area contributed by atoms with Gasteiger partial charge in [0.05, 0.1) is 11.3 Å². The third-order valence-corrected chi connectivity index (χ3v) is 6.84. The molecule has 0 bridgehead atoms. The van der Waals surface area contributed by atoms with Crippen molar-refractivity contribution < 1.29 is 5.11 Å². The maximum absolute atomic E-state index is 10.2.